The highest BCUT2D eigenvalue weighted by Gasteiger charge is 2.20. The van der Waals surface area contributed by atoms with Gasteiger partial charge in [0.2, 0.25) is 0 Å². The Hall–Kier alpha value is -1.45. The molecule has 3 atom stereocenters. The Morgan fingerprint density at radius 3 is 2.57 bits per heavy atom. The molecule has 0 fully saturated rings. The van der Waals surface area contributed by atoms with Crippen LogP contribution in [0, 0.1) is 0 Å². The predicted molar refractivity (Wildman–Crippen MR) is 97.1 cm³/mol. The van der Waals surface area contributed by atoms with Gasteiger partial charge in [0.15, 0.2) is 0 Å². The van der Waals surface area contributed by atoms with Crippen LogP contribution in [0.4, 0.5) is 0 Å². The summed E-state index contributed by atoms with van der Waals surface area (Å²) in [4.78, 5) is 0.890. The second-order valence-corrected chi connectivity index (χ2v) is 7.79. The van der Waals surface area contributed by atoms with Gasteiger partial charge in [-0.2, -0.15) is 0 Å². The van der Waals surface area contributed by atoms with E-state index in [-0.39, 0.29) is 6.04 Å². The Kier molecular flexibility index (Phi) is 5.29. The maximum atomic E-state index is 11.5. The zero-order valence-electron chi connectivity index (χ0n) is 13.9. The highest BCUT2D eigenvalue weighted by atomic mass is 32.2. The molecular formula is C20H25NOS. The smallest absolute Gasteiger partial charge is 0.0498 e. The normalized spacial score (nSPS) is 20.3. The van der Waals surface area contributed by atoms with Crippen LogP contribution in [0.3, 0.4) is 0 Å². The van der Waals surface area contributed by atoms with E-state index in [1.54, 1.807) is 6.26 Å². The first-order valence-corrected chi connectivity index (χ1v) is 9.98. The molecule has 1 aliphatic carbocycles. The third-order valence-electron chi connectivity index (χ3n) is 4.78. The van der Waals surface area contributed by atoms with Crippen LogP contribution in [0.1, 0.15) is 55.0 Å². The Morgan fingerprint density at radius 2 is 1.83 bits per heavy atom. The highest BCUT2D eigenvalue weighted by Crippen LogP contribution is 2.30. The molecule has 2 aromatic carbocycles. The maximum absolute atomic E-state index is 11.5. The molecule has 0 aromatic heterocycles. The Morgan fingerprint density at radius 1 is 1.09 bits per heavy atom. The molecule has 0 unspecified atom stereocenters. The molecule has 2 aromatic rings. The minimum absolute atomic E-state index is 0.283. The second-order valence-electron chi connectivity index (χ2n) is 6.41. The third kappa shape index (κ3) is 3.91. The van der Waals surface area contributed by atoms with Crippen LogP contribution in [-0.2, 0) is 17.2 Å². The van der Waals surface area contributed by atoms with Gasteiger partial charge in [-0.05, 0) is 55.0 Å². The van der Waals surface area contributed by atoms with Gasteiger partial charge in [-0.3, -0.25) is 4.21 Å². The summed E-state index contributed by atoms with van der Waals surface area (Å²) in [6.45, 7) is 2.21. The fraction of sp³-hybridized carbons (Fsp3) is 0.400. The lowest BCUT2D eigenvalue weighted by Crippen LogP contribution is -2.25. The van der Waals surface area contributed by atoms with Crippen molar-refractivity contribution in [2.75, 3.05) is 6.26 Å². The number of aryl methyl sites for hydroxylation is 1. The first-order valence-electron chi connectivity index (χ1n) is 8.42. The van der Waals surface area contributed by atoms with Crippen LogP contribution < -0.4 is 5.32 Å². The predicted octanol–water partition coefficient (Wildman–Crippen LogP) is 4.54. The van der Waals surface area contributed by atoms with Crippen LogP contribution in [0.2, 0.25) is 0 Å². The van der Waals surface area contributed by atoms with E-state index in [4.69, 9.17) is 0 Å². The van der Waals surface area contributed by atoms with Crippen LogP contribution >= 0.6 is 0 Å². The molecule has 0 radical (unpaired) electrons. The van der Waals surface area contributed by atoms with Crippen molar-refractivity contribution >= 4 is 10.8 Å². The molecule has 0 bridgehead atoms. The number of benzene rings is 2. The van der Waals surface area contributed by atoms with Crippen molar-refractivity contribution in [3.63, 3.8) is 0 Å². The largest absolute Gasteiger partial charge is 0.303 e. The Bertz CT molecular complexity index is 680. The van der Waals surface area contributed by atoms with E-state index in [1.165, 1.54) is 42.4 Å². The number of rotatable bonds is 4. The zero-order chi connectivity index (χ0) is 16.2. The van der Waals surface area contributed by atoms with Crippen molar-refractivity contribution < 1.29 is 4.21 Å². The quantitative estimate of drug-likeness (QED) is 0.835. The van der Waals surface area contributed by atoms with E-state index in [0.29, 0.717) is 6.04 Å². The van der Waals surface area contributed by atoms with Gasteiger partial charge in [-0.25, -0.2) is 0 Å². The SMILES string of the molecule is C[C@H](N[C@@H]1CCCCc2ccccc21)c1ccc([S@@](C)=O)cc1. The van der Waals surface area contributed by atoms with E-state index >= 15 is 0 Å². The fourth-order valence-corrected chi connectivity index (χ4v) is 3.96. The monoisotopic (exact) mass is 327 g/mol. The molecule has 3 heteroatoms. The Balaban J connectivity index is 1.77. The van der Waals surface area contributed by atoms with Crippen LogP contribution in [0.5, 0.6) is 0 Å². The number of nitrogens with one attached hydrogen (secondary N) is 1. The summed E-state index contributed by atoms with van der Waals surface area (Å²) < 4.78 is 11.5. The third-order valence-corrected chi connectivity index (χ3v) is 5.72. The lowest BCUT2D eigenvalue weighted by molar-refractivity contribution is 0.437. The highest BCUT2D eigenvalue weighted by molar-refractivity contribution is 7.84. The van der Waals surface area contributed by atoms with Crippen molar-refractivity contribution in [1.82, 2.24) is 5.32 Å². The Labute approximate surface area is 141 Å². The molecule has 1 N–H and O–H groups in total. The molecule has 0 saturated heterocycles. The summed E-state index contributed by atoms with van der Waals surface area (Å²) >= 11 is 0. The molecule has 3 rings (SSSR count). The van der Waals surface area contributed by atoms with Crippen LogP contribution in [0.25, 0.3) is 0 Å². The van der Waals surface area contributed by atoms with Crippen LogP contribution in [0.15, 0.2) is 53.4 Å². The minimum atomic E-state index is -0.909. The molecule has 122 valence electrons. The summed E-state index contributed by atoms with van der Waals surface area (Å²) in [6.07, 6.45) is 6.66. The summed E-state index contributed by atoms with van der Waals surface area (Å²) in [7, 11) is -0.909. The van der Waals surface area contributed by atoms with Crippen molar-refractivity contribution in [2.24, 2.45) is 0 Å². The van der Waals surface area contributed by atoms with Gasteiger partial charge < -0.3 is 5.32 Å². The number of hydrogen-bond acceptors (Lipinski definition) is 2. The number of hydrogen-bond donors (Lipinski definition) is 1. The molecule has 0 amide bonds. The van der Waals surface area contributed by atoms with Gasteiger partial charge in [-0.1, -0.05) is 42.8 Å². The van der Waals surface area contributed by atoms with Gasteiger partial charge in [0.05, 0.1) is 0 Å². The molecule has 23 heavy (non-hydrogen) atoms. The van der Waals surface area contributed by atoms with E-state index in [1.807, 2.05) is 12.1 Å². The van der Waals surface area contributed by atoms with Crippen LogP contribution in [-0.4, -0.2) is 10.5 Å². The lowest BCUT2D eigenvalue weighted by Gasteiger charge is -2.24. The standard InChI is InChI=1S/C20H25NOS/c1-15(16-11-13-18(14-12-16)23(2)22)21-20-10-6-4-8-17-7-3-5-9-19(17)20/h3,5,7,9,11-15,20-21H,4,6,8,10H2,1-2H3/t15-,20+,23+/m0/s1. The summed E-state index contributed by atoms with van der Waals surface area (Å²) in [5, 5.41) is 3.80. The van der Waals surface area contributed by atoms with Crippen molar-refractivity contribution in [3.8, 4) is 0 Å². The maximum Gasteiger partial charge on any atom is 0.0498 e. The molecule has 1 aliphatic rings. The minimum Gasteiger partial charge on any atom is -0.303 e. The van der Waals surface area contributed by atoms with E-state index in [0.717, 1.165) is 4.90 Å². The molecule has 0 heterocycles. The van der Waals surface area contributed by atoms with E-state index in [2.05, 4.69) is 48.6 Å². The second kappa shape index (κ2) is 7.41. The van der Waals surface area contributed by atoms with Gasteiger partial charge in [0, 0.05) is 34.0 Å². The molecule has 0 spiro atoms. The first-order chi connectivity index (χ1) is 11.1. The molecular weight excluding hydrogens is 302 g/mol. The lowest BCUT2D eigenvalue weighted by atomic mass is 9.97. The van der Waals surface area contributed by atoms with E-state index < -0.39 is 10.8 Å². The summed E-state index contributed by atoms with van der Waals surface area (Å²) in [6, 6.07) is 17.7. The zero-order valence-corrected chi connectivity index (χ0v) is 14.7. The average molecular weight is 327 g/mol. The molecule has 0 saturated carbocycles. The molecule has 0 aliphatic heterocycles. The van der Waals surface area contributed by atoms with E-state index in [9.17, 15) is 4.21 Å². The van der Waals surface area contributed by atoms with Crippen molar-refractivity contribution in [1.29, 1.82) is 0 Å². The topological polar surface area (TPSA) is 29.1 Å². The van der Waals surface area contributed by atoms with Crippen molar-refractivity contribution in [2.45, 2.75) is 49.6 Å². The molecule has 2 nitrogen and oxygen atoms in total. The van der Waals surface area contributed by atoms with Crippen molar-refractivity contribution in [3.05, 3.63) is 65.2 Å². The van der Waals surface area contributed by atoms with Gasteiger partial charge in [-0.15, -0.1) is 0 Å². The van der Waals surface area contributed by atoms with Gasteiger partial charge >= 0.3 is 0 Å². The van der Waals surface area contributed by atoms with Gasteiger partial charge in [0.1, 0.15) is 0 Å². The first kappa shape index (κ1) is 16.4. The fourth-order valence-electron chi connectivity index (χ4n) is 3.44. The summed E-state index contributed by atoms with van der Waals surface area (Å²) in [5.74, 6) is 0. The average Bonchev–Trinajstić information content (AvgIpc) is 2.77. The number of fused-ring (bicyclic) bond motifs is 1. The summed E-state index contributed by atoms with van der Waals surface area (Å²) in [5.41, 5.74) is 4.20. The van der Waals surface area contributed by atoms with Gasteiger partial charge in [0.25, 0.3) is 0 Å².